The Balaban J connectivity index is 1.84. The standard InChI is InChI=1S/C12H16ClN3O2/c13-10-3-1-4-11(16(17)18)12(10)15-8-2-7-14-9-5-6-9/h1,3-4,9,14-15H,2,5-8H2. The molecule has 0 atom stereocenters. The molecule has 1 aliphatic rings. The van der Waals surface area contributed by atoms with Crippen molar-refractivity contribution >= 4 is 23.0 Å². The van der Waals surface area contributed by atoms with Gasteiger partial charge < -0.3 is 10.6 Å². The largest absolute Gasteiger partial charge is 0.378 e. The molecule has 0 saturated heterocycles. The minimum atomic E-state index is -0.420. The van der Waals surface area contributed by atoms with E-state index in [1.807, 2.05) is 0 Å². The molecular weight excluding hydrogens is 254 g/mol. The van der Waals surface area contributed by atoms with E-state index in [1.54, 1.807) is 12.1 Å². The van der Waals surface area contributed by atoms with Gasteiger partial charge in [-0.2, -0.15) is 0 Å². The molecule has 0 aromatic heterocycles. The normalized spacial score (nSPS) is 14.5. The van der Waals surface area contributed by atoms with Crippen molar-refractivity contribution in [3.8, 4) is 0 Å². The quantitative estimate of drug-likeness (QED) is 0.454. The van der Waals surface area contributed by atoms with Crippen molar-refractivity contribution in [1.82, 2.24) is 5.32 Å². The highest BCUT2D eigenvalue weighted by Gasteiger charge is 2.19. The number of nitrogens with zero attached hydrogens (tertiary/aromatic N) is 1. The second kappa shape index (κ2) is 6.02. The smallest absolute Gasteiger partial charge is 0.293 e. The molecule has 0 bridgehead atoms. The number of nitro benzene ring substituents is 1. The van der Waals surface area contributed by atoms with Crippen molar-refractivity contribution in [2.45, 2.75) is 25.3 Å². The van der Waals surface area contributed by atoms with Crippen molar-refractivity contribution < 1.29 is 4.92 Å². The van der Waals surface area contributed by atoms with Gasteiger partial charge in [0.05, 0.1) is 9.95 Å². The number of benzene rings is 1. The highest BCUT2D eigenvalue weighted by Crippen LogP contribution is 2.31. The van der Waals surface area contributed by atoms with E-state index in [4.69, 9.17) is 11.6 Å². The maximum atomic E-state index is 10.9. The summed E-state index contributed by atoms with van der Waals surface area (Å²) in [5.41, 5.74) is 0.438. The molecule has 1 aliphatic carbocycles. The van der Waals surface area contributed by atoms with Gasteiger partial charge in [-0.05, 0) is 31.9 Å². The molecule has 5 nitrogen and oxygen atoms in total. The fourth-order valence-electron chi connectivity index (χ4n) is 1.74. The fraction of sp³-hybridized carbons (Fsp3) is 0.500. The third-order valence-corrected chi connectivity index (χ3v) is 3.17. The van der Waals surface area contributed by atoms with Crippen LogP contribution in [0.25, 0.3) is 0 Å². The predicted molar refractivity (Wildman–Crippen MR) is 72.2 cm³/mol. The van der Waals surface area contributed by atoms with Gasteiger partial charge in [-0.25, -0.2) is 0 Å². The second-order valence-corrected chi connectivity index (χ2v) is 4.81. The van der Waals surface area contributed by atoms with Crippen LogP contribution in [0.1, 0.15) is 19.3 Å². The van der Waals surface area contributed by atoms with E-state index in [-0.39, 0.29) is 5.69 Å². The molecule has 2 rings (SSSR count). The first kappa shape index (κ1) is 13.1. The lowest BCUT2D eigenvalue weighted by atomic mass is 10.2. The van der Waals surface area contributed by atoms with Gasteiger partial charge >= 0.3 is 0 Å². The lowest BCUT2D eigenvalue weighted by Crippen LogP contribution is -2.20. The number of anilines is 1. The van der Waals surface area contributed by atoms with Crippen LogP contribution in [0.4, 0.5) is 11.4 Å². The molecule has 0 radical (unpaired) electrons. The first-order valence-electron chi connectivity index (χ1n) is 6.08. The molecule has 18 heavy (non-hydrogen) atoms. The van der Waals surface area contributed by atoms with E-state index >= 15 is 0 Å². The van der Waals surface area contributed by atoms with E-state index in [2.05, 4.69) is 10.6 Å². The zero-order valence-electron chi connectivity index (χ0n) is 9.99. The molecule has 0 spiro atoms. The maximum Gasteiger partial charge on any atom is 0.293 e. The van der Waals surface area contributed by atoms with Gasteiger partial charge in [-0.1, -0.05) is 17.7 Å². The molecule has 6 heteroatoms. The van der Waals surface area contributed by atoms with E-state index in [0.29, 0.717) is 23.3 Å². The van der Waals surface area contributed by atoms with Crippen LogP contribution >= 0.6 is 11.6 Å². The number of para-hydroxylation sites is 1. The number of halogens is 1. The van der Waals surface area contributed by atoms with E-state index < -0.39 is 4.92 Å². The van der Waals surface area contributed by atoms with Gasteiger partial charge in [0, 0.05) is 18.7 Å². The Labute approximate surface area is 111 Å². The van der Waals surface area contributed by atoms with Crippen LogP contribution in [-0.2, 0) is 0 Å². The Morgan fingerprint density at radius 3 is 2.83 bits per heavy atom. The summed E-state index contributed by atoms with van der Waals surface area (Å²) in [6.45, 7) is 1.60. The molecule has 1 saturated carbocycles. The minimum absolute atomic E-state index is 0.0256. The molecule has 1 aromatic carbocycles. The fourth-order valence-corrected chi connectivity index (χ4v) is 1.97. The number of nitrogens with one attached hydrogen (secondary N) is 2. The summed E-state index contributed by atoms with van der Waals surface area (Å²) in [6, 6.07) is 5.38. The van der Waals surface area contributed by atoms with Crippen LogP contribution in [0, 0.1) is 10.1 Å². The molecule has 1 fully saturated rings. The van der Waals surface area contributed by atoms with Gasteiger partial charge in [0.1, 0.15) is 5.69 Å². The van der Waals surface area contributed by atoms with Crippen LogP contribution in [0.5, 0.6) is 0 Å². The summed E-state index contributed by atoms with van der Waals surface area (Å²) in [5, 5.41) is 17.7. The lowest BCUT2D eigenvalue weighted by Gasteiger charge is -2.09. The van der Waals surface area contributed by atoms with Gasteiger partial charge in [0.25, 0.3) is 5.69 Å². The van der Waals surface area contributed by atoms with Crippen LogP contribution in [0.15, 0.2) is 18.2 Å². The van der Waals surface area contributed by atoms with E-state index in [9.17, 15) is 10.1 Å². The van der Waals surface area contributed by atoms with Crippen LogP contribution in [0.2, 0.25) is 5.02 Å². The molecule has 0 aliphatic heterocycles. The Morgan fingerprint density at radius 1 is 1.39 bits per heavy atom. The van der Waals surface area contributed by atoms with Crippen molar-refractivity contribution in [2.75, 3.05) is 18.4 Å². The SMILES string of the molecule is O=[N+]([O-])c1cccc(Cl)c1NCCCNC1CC1. The molecule has 2 N–H and O–H groups in total. The Bertz CT molecular complexity index is 435. The average Bonchev–Trinajstić information content (AvgIpc) is 3.14. The predicted octanol–water partition coefficient (Wildman–Crippen LogP) is 2.80. The first-order valence-corrected chi connectivity index (χ1v) is 6.46. The molecule has 0 heterocycles. The van der Waals surface area contributed by atoms with Crippen molar-refractivity contribution in [3.05, 3.63) is 33.3 Å². The van der Waals surface area contributed by atoms with Crippen LogP contribution in [-0.4, -0.2) is 24.1 Å². The van der Waals surface area contributed by atoms with Crippen molar-refractivity contribution in [1.29, 1.82) is 0 Å². The molecule has 1 aromatic rings. The van der Waals surface area contributed by atoms with Crippen LogP contribution in [0.3, 0.4) is 0 Å². The monoisotopic (exact) mass is 269 g/mol. The van der Waals surface area contributed by atoms with Gasteiger partial charge in [-0.3, -0.25) is 10.1 Å². The number of rotatable bonds is 7. The van der Waals surface area contributed by atoms with Crippen LogP contribution < -0.4 is 10.6 Å². The topological polar surface area (TPSA) is 67.2 Å². The lowest BCUT2D eigenvalue weighted by molar-refractivity contribution is -0.383. The molecule has 0 amide bonds. The van der Waals surface area contributed by atoms with E-state index in [0.717, 1.165) is 13.0 Å². The highest BCUT2D eigenvalue weighted by molar-refractivity contribution is 6.33. The Hall–Kier alpha value is -1.33. The zero-order valence-corrected chi connectivity index (χ0v) is 10.7. The second-order valence-electron chi connectivity index (χ2n) is 4.40. The number of hydrogen-bond donors (Lipinski definition) is 2. The number of hydrogen-bond acceptors (Lipinski definition) is 4. The molecular formula is C12H16ClN3O2. The minimum Gasteiger partial charge on any atom is -0.378 e. The summed E-state index contributed by atoms with van der Waals surface area (Å²) in [6.07, 6.45) is 3.45. The molecule has 98 valence electrons. The summed E-state index contributed by atoms with van der Waals surface area (Å²) in [7, 11) is 0. The van der Waals surface area contributed by atoms with Gasteiger partial charge in [-0.15, -0.1) is 0 Å². The van der Waals surface area contributed by atoms with Crippen molar-refractivity contribution in [2.24, 2.45) is 0 Å². The van der Waals surface area contributed by atoms with Gasteiger partial charge in [0.15, 0.2) is 0 Å². The Kier molecular flexibility index (Phi) is 4.38. The van der Waals surface area contributed by atoms with Gasteiger partial charge in [0.2, 0.25) is 0 Å². The summed E-state index contributed by atoms with van der Waals surface area (Å²) < 4.78 is 0. The average molecular weight is 270 g/mol. The summed E-state index contributed by atoms with van der Waals surface area (Å²) in [4.78, 5) is 10.4. The molecule has 0 unspecified atom stereocenters. The first-order chi connectivity index (χ1) is 8.68. The summed E-state index contributed by atoms with van der Waals surface area (Å²) >= 11 is 5.96. The third-order valence-electron chi connectivity index (χ3n) is 2.85. The zero-order chi connectivity index (χ0) is 13.0. The third kappa shape index (κ3) is 3.58. The maximum absolute atomic E-state index is 10.9. The Morgan fingerprint density at radius 2 is 2.17 bits per heavy atom. The van der Waals surface area contributed by atoms with Crippen molar-refractivity contribution in [3.63, 3.8) is 0 Å². The number of nitro groups is 1. The summed E-state index contributed by atoms with van der Waals surface area (Å²) in [5.74, 6) is 0. The highest BCUT2D eigenvalue weighted by atomic mass is 35.5. The van der Waals surface area contributed by atoms with E-state index in [1.165, 1.54) is 18.9 Å².